The van der Waals surface area contributed by atoms with Crippen LogP contribution in [0.2, 0.25) is 0 Å². The minimum atomic E-state index is -0.260. The average Bonchev–Trinajstić information content (AvgIpc) is 2.73. The molecular formula is C23H23NO4. The number of carbonyl (C=O) groups is 2. The van der Waals surface area contributed by atoms with E-state index in [2.05, 4.69) is 4.90 Å². The van der Waals surface area contributed by atoms with Gasteiger partial charge < -0.3 is 14.7 Å². The van der Waals surface area contributed by atoms with Gasteiger partial charge in [-0.1, -0.05) is 36.4 Å². The lowest BCUT2D eigenvalue weighted by Crippen LogP contribution is -2.36. The van der Waals surface area contributed by atoms with Gasteiger partial charge in [0, 0.05) is 18.8 Å². The Morgan fingerprint density at radius 3 is 2.29 bits per heavy atom. The molecule has 28 heavy (non-hydrogen) atoms. The van der Waals surface area contributed by atoms with Crippen LogP contribution in [0.3, 0.4) is 0 Å². The molecule has 2 aromatic rings. The van der Waals surface area contributed by atoms with Crippen molar-refractivity contribution in [1.82, 2.24) is 0 Å². The number of morpholine rings is 1. The summed E-state index contributed by atoms with van der Waals surface area (Å²) in [7, 11) is 0. The third kappa shape index (κ3) is 5.66. The van der Waals surface area contributed by atoms with Gasteiger partial charge in [0.05, 0.1) is 19.6 Å². The maximum absolute atomic E-state index is 12.2. The molecule has 0 radical (unpaired) electrons. The Kier molecular flexibility index (Phi) is 6.76. The van der Waals surface area contributed by atoms with Gasteiger partial charge in [-0.3, -0.25) is 9.59 Å². The zero-order valence-electron chi connectivity index (χ0n) is 15.6. The average molecular weight is 377 g/mol. The molecule has 5 heteroatoms. The fourth-order valence-corrected chi connectivity index (χ4v) is 2.97. The van der Waals surface area contributed by atoms with Crippen LogP contribution in [0.1, 0.15) is 17.5 Å². The van der Waals surface area contributed by atoms with Crippen LogP contribution in [-0.4, -0.2) is 43.0 Å². The van der Waals surface area contributed by atoms with Crippen LogP contribution >= 0.6 is 0 Å². The Balaban J connectivity index is 1.59. The van der Waals surface area contributed by atoms with Crippen molar-refractivity contribution in [3.05, 3.63) is 71.8 Å². The highest BCUT2D eigenvalue weighted by molar-refractivity contribution is 6.11. The van der Waals surface area contributed by atoms with Crippen LogP contribution in [0, 0.1) is 0 Å². The SMILES string of the molecule is O=C(C=Cc1ccc(O)cc1)CC(=O)C=Cc1ccccc1N1CCOCC1. The smallest absolute Gasteiger partial charge is 0.163 e. The normalized spacial score (nSPS) is 14.6. The number of benzene rings is 2. The zero-order chi connectivity index (χ0) is 19.8. The Bertz CT molecular complexity index is 878. The van der Waals surface area contributed by atoms with Crippen molar-refractivity contribution in [3.8, 4) is 5.75 Å². The predicted octanol–water partition coefficient (Wildman–Crippen LogP) is 3.48. The quantitative estimate of drug-likeness (QED) is 0.591. The van der Waals surface area contributed by atoms with Crippen molar-refractivity contribution in [2.75, 3.05) is 31.2 Å². The summed E-state index contributed by atoms with van der Waals surface area (Å²) >= 11 is 0. The van der Waals surface area contributed by atoms with E-state index in [1.54, 1.807) is 36.4 Å². The summed E-state index contributed by atoms with van der Waals surface area (Å²) in [6.45, 7) is 3.02. The summed E-state index contributed by atoms with van der Waals surface area (Å²) in [6, 6.07) is 14.4. The van der Waals surface area contributed by atoms with Crippen LogP contribution in [0.15, 0.2) is 60.7 Å². The third-order valence-electron chi connectivity index (χ3n) is 4.44. The van der Waals surface area contributed by atoms with E-state index in [9.17, 15) is 14.7 Å². The predicted molar refractivity (Wildman–Crippen MR) is 110 cm³/mol. The van der Waals surface area contributed by atoms with E-state index in [-0.39, 0.29) is 23.7 Å². The summed E-state index contributed by atoms with van der Waals surface area (Å²) in [5.74, 6) is -0.331. The molecule has 0 amide bonds. The number of phenolic OH excluding ortho intramolecular Hbond substituents is 1. The molecule has 1 N–H and O–H groups in total. The van der Waals surface area contributed by atoms with Gasteiger partial charge >= 0.3 is 0 Å². The van der Waals surface area contributed by atoms with Gasteiger partial charge in [0.1, 0.15) is 5.75 Å². The lowest BCUT2D eigenvalue weighted by Gasteiger charge is -2.30. The van der Waals surface area contributed by atoms with Crippen LogP contribution in [-0.2, 0) is 14.3 Å². The highest BCUT2D eigenvalue weighted by atomic mass is 16.5. The van der Waals surface area contributed by atoms with Crippen molar-refractivity contribution in [3.63, 3.8) is 0 Å². The molecule has 1 heterocycles. The molecule has 0 aliphatic carbocycles. The number of nitrogens with zero attached hydrogens (tertiary/aromatic N) is 1. The molecule has 0 saturated carbocycles. The van der Waals surface area contributed by atoms with Crippen LogP contribution in [0.5, 0.6) is 5.75 Å². The number of aromatic hydroxyl groups is 1. The molecule has 1 aliphatic heterocycles. The second kappa shape index (κ2) is 9.67. The Hall–Kier alpha value is -3.18. The third-order valence-corrected chi connectivity index (χ3v) is 4.44. The van der Waals surface area contributed by atoms with Crippen LogP contribution < -0.4 is 4.90 Å². The van der Waals surface area contributed by atoms with Crippen molar-refractivity contribution in [2.45, 2.75) is 6.42 Å². The molecule has 3 rings (SSSR count). The molecule has 1 fully saturated rings. The number of carbonyl (C=O) groups excluding carboxylic acids is 2. The number of hydrogen-bond donors (Lipinski definition) is 1. The first-order valence-corrected chi connectivity index (χ1v) is 9.24. The molecule has 0 spiro atoms. The number of anilines is 1. The summed E-state index contributed by atoms with van der Waals surface area (Å²) in [4.78, 5) is 26.4. The first-order chi connectivity index (χ1) is 13.6. The maximum Gasteiger partial charge on any atom is 0.163 e. The van der Waals surface area contributed by atoms with E-state index in [1.807, 2.05) is 24.3 Å². The number of ketones is 2. The lowest BCUT2D eigenvalue weighted by atomic mass is 10.1. The fraction of sp³-hybridized carbons (Fsp3) is 0.217. The van der Waals surface area contributed by atoms with E-state index in [0.717, 1.165) is 29.9 Å². The summed E-state index contributed by atoms with van der Waals surface area (Å²) in [5, 5.41) is 9.26. The van der Waals surface area contributed by atoms with Gasteiger partial charge in [0.15, 0.2) is 11.6 Å². The number of hydrogen-bond acceptors (Lipinski definition) is 5. The Labute approximate surface area is 164 Å². The van der Waals surface area contributed by atoms with Gasteiger partial charge in [0.25, 0.3) is 0 Å². The molecule has 2 aromatic carbocycles. The van der Waals surface area contributed by atoms with E-state index >= 15 is 0 Å². The molecule has 1 saturated heterocycles. The highest BCUT2D eigenvalue weighted by Crippen LogP contribution is 2.22. The van der Waals surface area contributed by atoms with Crippen molar-refractivity contribution < 1.29 is 19.4 Å². The second-order valence-electron chi connectivity index (χ2n) is 6.53. The molecule has 0 aromatic heterocycles. The second-order valence-corrected chi connectivity index (χ2v) is 6.53. The number of rotatable bonds is 7. The molecule has 0 atom stereocenters. The molecule has 1 aliphatic rings. The van der Waals surface area contributed by atoms with Crippen LogP contribution in [0.25, 0.3) is 12.2 Å². The summed E-state index contributed by atoms with van der Waals surface area (Å²) in [6.07, 6.45) is 6.08. The van der Waals surface area contributed by atoms with Crippen molar-refractivity contribution in [1.29, 1.82) is 0 Å². The fourth-order valence-electron chi connectivity index (χ4n) is 2.97. The first-order valence-electron chi connectivity index (χ1n) is 9.24. The lowest BCUT2D eigenvalue weighted by molar-refractivity contribution is -0.121. The molecule has 0 unspecified atom stereocenters. The standard InChI is InChI=1S/C23H23NO4/c25-20-9-5-18(6-10-20)7-11-21(26)17-22(27)12-8-19-3-1-2-4-23(19)24-13-15-28-16-14-24/h1-12,25H,13-17H2. The number of para-hydroxylation sites is 1. The van der Waals surface area contributed by atoms with E-state index in [0.29, 0.717) is 13.2 Å². The van der Waals surface area contributed by atoms with Gasteiger partial charge in [0.2, 0.25) is 0 Å². The van der Waals surface area contributed by atoms with Gasteiger partial charge in [-0.25, -0.2) is 0 Å². The largest absolute Gasteiger partial charge is 0.508 e. The minimum Gasteiger partial charge on any atom is -0.508 e. The van der Waals surface area contributed by atoms with E-state index < -0.39 is 0 Å². The zero-order valence-corrected chi connectivity index (χ0v) is 15.6. The Morgan fingerprint density at radius 2 is 1.57 bits per heavy atom. The van der Waals surface area contributed by atoms with Crippen molar-refractivity contribution >= 4 is 29.4 Å². The van der Waals surface area contributed by atoms with Gasteiger partial charge in [-0.15, -0.1) is 0 Å². The van der Waals surface area contributed by atoms with Gasteiger partial charge in [-0.2, -0.15) is 0 Å². The highest BCUT2D eigenvalue weighted by Gasteiger charge is 2.13. The number of ether oxygens (including phenoxy) is 1. The molecule has 0 bridgehead atoms. The maximum atomic E-state index is 12.2. The minimum absolute atomic E-state index is 0.168. The van der Waals surface area contributed by atoms with Crippen LogP contribution in [0.4, 0.5) is 5.69 Å². The topological polar surface area (TPSA) is 66.8 Å². The number of phenols is 1. The Morgan fingerprint density at radius 1 is 0.929 bits per heavy atom. The molecule has 144 valence electrons. The monoisotopic (exact) mass is 377 g/mol. The molecule has 5 nitrogen and oxygen atoms in total. The molecular weight excluding hydrogens is 354 g/mol. The summed E-state index contributed by atoms with van der Waals surface area (Å²) < 4.78 is 5.39. The van der Waals surface area contributed by atoms with Gasteiger partial charge in [-0.05, 0) is 47.6 Å². The summed E-state index contributed by atoms with van der Waals surface area (Å²) in [5.41, 5.74) is 2.80. The number of allylic oxidation sites excluding steroid dienone is 2. The van der Waals surface area contributed by atoms with E-state index in [4.69, 9.17) is 4.74 Å². The van der Waals surface area contributed by atoms with E-state index in [1.165, 1.54) is 12.2 Å². The first kappa shape index (κ1) is 19.6. The van der Waals surface area contributed by atoms with Crippen molar-refractivity contribution in [2.24, 2.45) is 0 Å².